The molecule has 0 unspecified atom stereocenters. The van der Waals surface area contributed by atoms with E-state index in [9.17, 15) is 0 Å². The summed E-state index contributed by atoms with van der Waals surface area (Å²) in [6, 6.07) is 0. The molecule has 0 spiro atoms. The summed E-state index contributed by atoms with van der Waals surface area (Å²) in [6.07, 6.45) is 6.86. The summed E-state index contributed by atoms with van der Waals surface area (Å²) >= 11 is 0. The Morgan fingerprint density at radius 3 is 2.59 bits per heavy atom. The Bertz CT molecular complexity index is 343. The second-order valence-electron chi connectivity index (χ2n) is 4.63. The Balaban J connectivity index is 2.28. The molecule has 17 heavy (non-hydrogen) atoms. The zero-order valence-corrected chi connectivity index (χ0v) is 10.4. The van der Waals surface area contributed by atoms with Crippen LogP contribution in [0.25, 0.3) is 0 Å². The first-order valence-corrected chi connectivity index (χ1v) is 6.34. The number of nitrogens with zero attached hydrogens (tertiary/aromatic N) is 4. The fraction of sp³-hybridized carbons (Fsp3) is 0.909. The maximum atomic E-state index is 5.79. The van der Waals surface area contributed by atoms with Gasteiger partial charge >= 0.3 is 0 Å². The summed E-state index contributed by atoms with van der Waals surface area (Å²) in [5.74, 6) is 0.840. The average molecular weight is 239 g/mol. The molecule has 6 heteroatoms. The molecule has 1 aliphatic rings. The van der Waals surface area contributed by atoms with Crippen molar-refractivity contribution in [1.29, 1.82) is 0 Å². The van der Waals surface area contributed by atoms with Crippen LogP contribution in [0.1, 0.15) is 44.3 Å². The minimum atomic E-state index is -0.310. The van der Waals surface area contributed by atoms with Gasteiger partial charge in [0, 0.05) is 13.7 Å². The monoisotopic (exact) mass is 239 g/mol. The molecule has 1 aromatic rings. The van der Waals surface area contributed by atoms with Crippen molar-refractivity contribution in [2.45, 2.75) is 50.7 Å². The summed E-state index contributed by atoms with van der Waals surface area (Å²) in [7, 11) is 1.76. The predicted molar refractivity (Wildman–Crippen MR) is 63.3 cm³/mol. The number of ether oxygens (including phenoxy) is 1. The van der Waals surface area contributed by atoms with Crippen LogP contribution in [0.2, 0.25) is 0 Å². The van der Waals surface area contributed by atoms with Crippen LogP contribution in [0.4, 0.5) is 0 Å². The van der Waals surface area contributed by atoms with Gasteiger partial charge in [0.25, 0.3) is 0 Å². The number of methoxy groups -OCH3 is 1. The molecule has 96 valence electrons. The van der Waals surface area contributed by atoms with E-state index in [0.717, 1.165) is 18.7 Å². The lowest BCUT2D eigenvalue weighted by molar-refractivity contribution is -0.0386. The number of aromatic nitrogens is 4. The average Bonchev–Trinajstić information content (AvgIpc) is 2.68. The van der Waals surface area contributed by atoms with Gasteiger partial charge in [-0.3, -0.25) is 0 Å². The highest BCUT2D eigenvalue weighted by Crippen LogP contribution is 2.37. The van der Waals surface area contributed by atoms with Crippen molar-refractivity contribution < 1.29 is 4.74 Å². The lowest BCUT2D eigenvalue weighted by Gasteiger charge is -2.29. The van der Waals surface area contributed by atoms with Crippen molar-refractivity contribution in [3.05, 3.63) is 5.82 Å². The quantitative estimate of drug-likeness (QED) is 0.787. The molecule has 0 saturated heterocycles. The van der Waals surface area contributed by atoms with Gasteiger partial charge in [-0.1, -0.05) is 25.7 Å². The van der Waals surface area contributed by atoms with Gasteiger partial charge in [-0.2, -0.15) is 0 Å². The molecule has 0 bridgehead atoms. The maximum Gasteiger partial charge on any atom is 0.183 e. The number of rotatable bonds is 4. The molecule has 1 aliphatic carbocycles. The summed E-state index contributed by atoms with van der Waals surface area (Å²) in [5.41, 5.74) is 5.27. The molecule has 2 N–H and O–H groups in total. The number of hydrogen-bond acceptors (Lipinski definition) is 5. The van der Waals surface area contributed by atoms with Gasteiger partial charge in [-0.15, -0.1) is 5.10 Å². The van der Waals surface area contributed by atoms with E-state index < -0.39 is 0 Å². The van der Waals surface area contributed by atoms with Crippen LogP contribution in [0.5, 0.6) is 0 Å². The Hall–Kier alpha value is -1.01. The number of nitrogens with two attached hydrogens (primary N) is 1. The van der Waals surface area contributed by atoms with Gasteiger partial charge in [0.05, 0.1) is 6.54 Å². The SMILES string of the molecule is COC1(c2nnnn2CCN)CCCCCC1. The molecule has 0 aliphatic heterocycles. The molecule has 6 nitrogen and oxygen atoms in total. The lowest BCUT2D eigenvalue weighted by atomic mass is 9.93. The van der Waals surface area contributed by atoms with Crippen molar-refractivity contribution >= 4 is 0 Å². The minimum absolute atomic E-state index is 0.310. The highest BCUT2D eigenvalue weighted by molar-refractivity contribution is 5.01. The minimum Gasteiger partial charge on any atom is -0.370 e. The van der Waals surface area contributed by atoms with Crippen molar-refractivity contribution in [3.63, 3.8) is 0 Å². The van der Waals surface area contributed by atoms with Gasteiger partial charge < -0.3 is 10.5 Å². The van der Waals surface area contributed by atoms with E-state index in [0.29, 0.717) is 13.1 Å². The predicted octanol–water partition coefficient (Wildman–Crippen LogP) is 0.828. The molecular weight excluding hydrogens is 218 g/mol. The standard InChI is InChI=1S/C11H21N5O/c1-17-11(6-4-2-3-5-7-11)10-13-14-15-16(10)9-8-12/h2-9,12H2,1H3. The largest absolute Gasteiger partial charge is 0.370 e. The van der Waals surface area contributed by atoms with Crippen LogP contribution in [0.15, 0.2) is 0 Å². The van der Waals surface area contributed by atoms with Crippen LogP contribution in [0.3, 0.4) is 0 Å². The smallest absolute Gasteiger partial charge is 0.183 e. The van der Waals surface area contributed by atoms with Crippen LogP contribution < -0.4 is 5.73 Å². The number of hydrogen-bond donors (Lipinski definition) is 1. The molecule has 0 aromatic carbocycles. The Morgan fingerprint density at radius 2 is 2.00 bits per heavy atom. The van der Waals surface area contributed by atoms with Crippen molar-refractivity contribution in [2.24, 2.45) is 5.73 Å². The third-order valence-electron chi connectivity index (χ3n) is 3.58. The van der Waals surface area contributed by atoms with E-state index in [-0.39, 0.29) is 5.60 Å². The molecule has 1 saturated carbocycles. The van der Waals surface area contributed by atoms with Crippen molar-refractivity contribution in [1.82, 2.24) is 20.2 Å². The molecule has 0 radical (unpaired) electrons. The van der Waals surface area contributed by atoms with Gasteiger partial charge in [0.15, 0.2) is 5.82 Å². The Labute approximate surface area is 102 Å². The van der Waals surface area contributed by atoms with E-state index in [4.69, 9.17) is 10.5 Å². The molecule has 0 amide bonds. The van der Waals surface area contributed by atoms with Gasteiger partial charge in [0.2, 0.25) is 0 Å². The fourth-order valence-corrected chi connectivity index (χ4v) is 2.62. The molecule has 2 rings (SSSR count). The first-order valence-electron chi connectivity index (χ1n) is 6.34. The van der Waals surface area contributed by atoms with E-state index in [1.54, 1.807) is 11.8 Å². The summed E-state index contributed by atoms with van der Waals surface area (Å²) < 4.78 is 7.57. The van der Waals surface area contributed by atoms with E-state index in [1.807, 2.05) is 0 Å². The molecule has 0 atom stereocenters. The van der Waals surface area contributed by atoms with Crippen LogP contribution in [0, 0.1) is 0 Å². The maximum absolute atomic E-state index is 5.79. The first-order chi connectivity index (χ1) is 8.32. The Kier molecular flexibility index (Phi) is 4.06. The zero-order valence-electron chi connectivity index (χ0n) is 10.4. The van der Waals surface area contributed by atoms with Crippen LogP contribution in [-0.4, -0.2) is 33.9 Å². The van der Waals surface area contributed by atoms with Crippen LogP contribution in [-0.2, 0) is 16.9 Å². The highest BCUT2D eigenvalue weighted by atomic mass is 16.5. The second-order valence-corrected chi connectivity index (χ2v) is 4.63. The van der Waals surface area contributed by atoms with E-state index >= 15 is 0 Å². The molecule has 1 fully saturated rings. The lowest BCUT2D eigenvalue weighted by Crippen LogP contribution is -2.33. The second kappa shape index (κ2) is 5.55. The third-order valence-corrected chi connectivity index (χ3v) is 3.58. The van der Waals surface area contributed by atoms with Crippen molar-refractivity contribution in [3.8, 4) is 0 Å². The van der Waals surface area contributed by atoms with Gasteiger partial charge in [-0.05, 0) is 23.3 Å². The molecular formula is C11H21N5O. The summed E-state index contributed by atoms with van der Waals surface area (Å²) in [6.45, 7) is 1.19. The fourth-order valence-electron chi connectivity index (χ4n) is 2.62. The van der Waals surface area contributed by atoms with Crippen LogP contribution >= 0.6 is 0 Å². The Morgan fingerprint density at radius 1 is 1.29 bits per heavy atom. The molecule has 1 aromatic heterocycles. The summed E-state index contributed by atoms with van der Waals surface area (Å²) in [5, 5.41) is 11.9. The van der Waals surface area contributed by atoms with Gasteiger partial charge in [0.1, 0.15) is 5.60 Å². The molecule has 1 heterocycles. The van der Waals surface area contributed by atoms with E-state index in [2.05, 4.69) is 15.5 Å². The first kappa shape index (κ1) is 12.4. The highest BCUT2D eigenvalue weighted by Gasteiger charge is 2.37. The van der Waals surface area contributed by atoms with Crippen molar-refractivity contribution in [2.75, 3.05) is 13.7 Å². The van der Waals surface area contributed by atoms with Gasteiger partial charge in [-0.25, -0.2) is 4.68 Å². The topological polar surface area (TPSA) is 78.9 Å². The third kappa shape index (κ3) is 2.47. The number of tetrazole rings is 1. The summed E-state index contributed by atoms with van der Waals surface area (Å²) in [4.78, 5) is 0. The van der Waals surface area contributed by atoms with E-state index in [1.165, 1.54) is 25.7 Å². The normalized spacial score (nSPS) is 20.1. The zero-order chi connectivity index (χ0) is 12.1.